The molecule has 0 amide bonds. The summed E-state index contributed by atoms with van der Waals surface area (Å²) in [5.74, 6) is 0.663. The third-order valence-electron chi connectivity index (χ3n) is 3.12. The first-order chi connectivity index (χ1) is 9.23. The predicted molar refractivity (Wildman–Crippen MR) is 76.1 cm³/mol. The first kappa shape index (κ1) is 15.3. The molecule has 0 aromatic heterocycles. The van der Waals surface area contributed by atoms with Gasteiger partial charge in [0.1, 0.15) is 12.5 Å². The molecule has 1 aliphatic heterocycles. The molecule has 0 aliphatic carbocycles. The van der Waals surface area contributed by atoms with Crippen LogP contribution in [0.4, 0.5) is 0 Å². The molecule has 2 rings (SSSR count). The number of sulfonamides is 1. The van der Waals surface area contributed by atoms with Crippen LogP contribution in [0.5, 0.6) is 5.75 Å². The highest BCUT2D eigenvalue weighted by atomic mass is 32.2. The van der Waals surface area contributed by atoms with E-state index in [-0.39, 0.29) is 17.7 Å². The van der Waals surface area contributed by atoms with Crippen LogP contribution in [0.2, 0.25) is 0 Å². The molecular formula is C14H21NO4S. The lowest BCUT2D eigenvalue weighted by molar-refractivity contribution is 0.171. The van der Waals surface area contributed by atoms with Crippen molar-refractivity contribution in [3.8, 4) is 5.75 Å². The first-order valence-corrected chi connectivity index (χ1v) is 8.05. The summed E-state index contributed by atoms with van der Waals surface area (Å²) in [6, 6.07) is 6.50. The Balaban J connectivity index is 2.26. The lowest BCUT2D eigenvalue weighted by Crippen LogP contribution is -2.44. The maximum absolute atomic E-state index is 12.6. The maximum Gasteiger partial charge on any atom is 0.245 e. The van der Waals surface area contributed by atoms with Gasteiger partial charge in [-0.3, -0.25) is 0 Å². The van der Waals surface area contributed by atoms with E-state index in [2.05, 4.69) is 0 Å². The molecule has 20 heavy (non-hydrogen) atoms. The highest BCUT2D eigenvalue weighted by Gasteiger charge is 2.41. The van der Waals surface area contributed by atoms with Crippen LogP contribution >= 0.6 is 0 Å². The average Bonchev–Trinajstić information content (AvgIpc) is 2.69. The minimum Gasteiger partial charge on any atom is -0.491 e. The fraction of sp³-hybridized carbons (Fsp3) is 0.571. The highest BCUT2D eigenvalue weighted by Crippen LogP contribution is 2.29. The molecule has 0 bridgehead atoms. The van der Waals surface area contributed by atoms with Gasteiger partial charge in [-0.25, -0.2) is 8.42 Å². The molecule has 0 unspecified atom stereocenters. The van der Waals surface area contributed by atoms with Gasteiger partial charge >= 0.3 is 0 Å². The fourth-order valence-electron chi connectivity index (χ4n) is 2.11. The second kappa shape index (κ2) is 5.35. The normalized spacial score (nSPS) is 19.4. The topological polar surface area (TPSA) is 55.8 Å². The monoisotopic (exact) mass is 299 g/mol. The highest BCUT2D eigenvalue weighted by molar-refractivity contribution is 7.89. The lowest BCUT2D eigenvalue weighted by Gasteiger charge is -2.28. The van der Waals surface area contributed by atoms with E-state index in [1.54, 1.807) is 24.3 Å². The largest absolute Gasteiger partial charge is 0.491 e. The van der Waals surface area contributed by atoms with E-state index in [0.717, 1.165) is 0 Å². The predicted octanol–water partition coefficient (Wildman–Crippen LogP) is 2.23. The molecule has 1 aromatic rings. The molecular weight excluding hydrogens is 278 g/mol. The van der Waals surface area contributed by atoms with Crippen molar-refractivity contribution in [2.75, 3.05) is 13.3 Å². The zero-order valence-corrected chi connectivity index (χ0v) is 13.1. The molecule has 0 N–H and O–H groups in total. The molecule has 0 radical (unpaired) electrons. The summed E-state index contributed by atoms with van der Waals surface area (Å²) in [5, 5.41) is 0. The Hall–Kier alpha value is -1.11. The average molecular weight is 299 g/mol. The van der Waals surface area contributed by atoms with Crippen molar-refractivity contribution < 1.29 is 17.9 Å². The van der Waals surface area contributed by atoms with Crippen LogP contribution in [-0.2, 0) is 14.8 Å². The van der Waals surface area contributed by atoms with Gasteiger partial charge in [-0.15, -0.1) is 0 Å². The van der Waals surface area contributed by atoms with Crippen LogP contribution in [0.3, 0.4) is 0 Å². The molecule has 112 valence electrons. The van der Waals surface area contributed by atoms with Gasteiger partial charge in [-0.05, 0) is 52.0 Å². The summed E-state index contributed by atoms with van der Waals surface area (Å²) in [6.07, 6.45) is 0.0587. The SMILES string of the molecule is CC(C)Oc1ccc(S(=O)(=O)N2COCC2(C)C)cc1. The molecule has 1 aromatic carbocycles. The number of benzene rings is 1. The zero-order chi connectivity index (χ0) is 15.0. The van der Waals surface area contributed by atoms with E-state index >= 15 is 0 Å². The molecule has 0 spiro atoms. The Labute approximate surface area is 120 Å². The molecule has 0 atom stereocenters. The van der Waals surface area contributed by atoms with Crippen LogP contribution in [-0.4, -0.2) is 37.7 Å². The first-order valence-electron chi connectivity index (χ1n) is 6.61. The van der Waals surface area contributed by atoms with Crippen molar-refractivity contribution in [1.82, 2.24) is 4.31 Å². The van der Waals surface area contributed by atoms with Gasteiger partial charge < -0.3 is 9.47 Å². The summed E-state index contributed by atoms with van der Waals surface area (Å²) in [7, 11) is -3.54. The summed E-state index contributed by atoms with van der Waals surface area (Å²) in [5.41, 5.74) is -0.522. The van der Waals surface area contributed by atoms with Crippen molar-refractivity contribution in [2.24, 2.45) is 0 Å². The van der Waals surface area contributed by atoms with Gasteiger partial charge in [0.05, 0.1) is 23.1 Å². The Morgan fingerprint density at radius 2 is 1.85 bits per heavy atom. The quantitative estimate of drug-likeness (QED) is 0.855. The van der Waals surface area contributed by atoms with Gasteiger partial charge in [0.2, 0.25) is 10.0 Å². The second-order valence-electron chi connectivity index (χ2n) is 5.78. The van der Waals surface area contributed by atoms with E-state index < -0.39 is 15.6 Å². The number of rotatable bonds is 4. The van der Waals surface area contributed by atoms with Crippen molar-refractivity contribution >= 4 is 10.0 Å². The lowest BCUT2D eigenvalue weighted by atomic mass is 10.1. The van der Waals surface area contributed by atoms with Crippen molar-refractivity contribution in [2.45, 2.75) is 44.2 Å². The van der Waals surface area contributed by atoms with Crippen molar-refractivity contribution in [3.63, 3.8) is 0 Å². The number of hydrogen-bond acceptors (Lipinski definition) is 4. The molecule has 1 heterocycles. The Kier molecular flexibility index (Phi) is 4.09. The standard InChI is InChI=1S/C14H21NO4S/c1-11(2)19-12-5-7-13(8-6-12)20(16,17)15-10-18-9-14(15,3)4/h5-8,11H,9-10H2,1-4H3. The molecule has 5 nitrogen and oxygen atoms in total. The summed E-state index contributed by atoms with van der Waals surface area (Å²) in [6.45, 7) is 8.06. The van der Waals surface area contributed by atoms with E-state index in [4.69, 9.17) is 9.47 Å². The molecule has 6 heteroatoms. The summed E-state index contributed by atoms with van der Waals surface area (Å²) >= 11 is 0. The van der Waals surface area contributed by atoms with E-state index in [1.807, 2.05) is 27.7 Å². The third kappa shape index (κ3) is 2.97. The van der Waals surface area contributed by atoms with Crippen LogP contribution < -0.4 is 4.74 Å². The van der Waals surface area contributed by atoms with Crippen molar-refractivity contribution in [1.29, 1.82) is 0 Å². The van der Waals surface area contributed by atoms with Crippen LogP contribution in [0.1, 0.15) is 27.7 Å². The Morgan fingerprint density at radius 1 is 1.25 bits per heavy atom. The number of ether oxygens (including phenoxy) is 2. The van der Waals surface area contributed by atoms with Crippen molar-refractivity contribution in [3.05, 3.63) is 24.3 Å². The van der Waals surface area contributed by atoms with Gasteiger partial charge in [0, 0.05) is 0 Å². The van der Waals surface area contributed by atoms with Gasteiger partial charge in [-0.2, -0.15) is 4.31 Å². The summed E-state index contributed by atoms with van der Waals surface area (Å²) < 4.78 is 37.4. The number of nitrogens with zero attached hydrogens (tertiary/aromatic N) is 1. The minimum atomic E-state index is -3.54. The molecule has 1 fully saturated rings. The van der Waals surface area contributed by atoms with E-state index in [9.17, 15) is 8.42 Å². The molecule has 0 saturated carbocycles. The van der Waals surface area contributed by atoms with Gasteiger partial charge in [0.25, 0.3) is 0 Å². The number of hydrogen-bond donors (Lipinski definition) is 0. The minimum absolute atomic E-state index is 0.0587. The Bertz CT molecular complexity index is 563. The smallest absolute Gasteiger partial charge is 0.245 e. The maximum atomic E-state index is 12.6. The fourth-order valence-corrected chi connectivity index (χ4v) is 3.76. The Morgan fingerprint density at radius 3 is 2.30 bits per heavy atom. The van der Waals surface area contributed by atoms with E-state index in [1.165, 1.54) is 4.31 Å². The molecule has 1 aliphatic rings. The molecule has 1 saturated heterocycles. The second-order valence-corrected chi connectivity index (χ2v) is 7.64. The van der Waals surface area contributed by atoms with Gasteiger partial charge in [0.15, 0.2) is 0 Å². The third-order valence-corrected chi connectivity index (χ3v) is 5.17. The van der Waals surface area contributed by atoms with Gasteiger partial charge in [-0.1, -0.05) is 0 Å². The van der Waals surface area contributed by atoms with Crippen LogP contribution in [0, 0.1) is 0 Å². The summed E-state index contributed by atoms with van der Waals surface area (Å²) in [4.78, 5) is 0.257. The van der Waals surface area contributed by atoms with Crippen LogP contribution in [0.25, 0.3) is 0 Å². The van der Waals surface area contributed by atoms with E-state index in [0.29, 0.717) is 12.4 Å². The zero-order valence-electron chi connectivity index (χ0n) is 12.3. The van der Waals surface area contributed by atoms with Crippen LogP contribution in [0.15, 0.2) is 29.2 Å².